The van der Waals surface area contributed by atoms with Crippen molar-refractivity contribution in [2.24, 2.45) is 4.99 Å². The molecule has 1 fully saturated rings. The van der Waals surface area contributed by atoms with Crippen LogP contribution in [0, 0.1) is 0 Å². The Kier molecular flexibility index (Phi) is 6.08. The van der Waals surface area contributed by atoms with Crippen LogP contribution in [0.1, 0.15) is 37.3 Å². The molecule has 0 amide bonds. The van der Waals surface area contributed by atoms with Gasteiger partial charge in [-0.3, -0.25) is 4.99 Å². The van der Waals surface area contributed by atoms with Crippen molar-refractivity contribution in [2.75, 3.05) is 19.6 Å². The summed E-state index contributed by atoms with van der Waals surface area (Å²) < 4.78 is 75.4. The smallest absolute Gasteiger partial charge is 0.357 e. The minimum Gasteiger partial charge on any atom is -0.357 e. The highest BCUT2D eigenvalue weighted by Crippen LogP contribution is 2.49. The van der Waals surface area contributed by atoms with E-state index in [4.69, 9.17) is 0 Å². The van der Waals surface area contributed by atoms with Gasteiger partial charge in [0.2, 0.25) is 0 Å². The second-order valence-electron chi connectivity index (χ2n) is 6.35. The number of alkyl halides is 6. The Balaban J connectivity index is 2.06. The largest absolute Gasteiger partial charge is 0.416 e. The molecule has 0 aliphatic heterocycles. The van der Waals surface area contributed by atoms with Gasteiger partial charge in [0.25, 0.3) is 0 Å². The fourth-order valence-electron chi connectivity index (χ4n) is 2.61. The molecule has 0 radical (unpaired) electrons. The molecule has 0 bridgehead atoms. The summed E-state index contributed by atoms with van der Waals surface area (Å²) >= 11 is 0. The monoisotopic (exact) mass is 381 g/mol. The van der Waals surface area contributed by atoms with Gasteiger partial charge < -0.3 is 10.6 Å². The molecule has 2 N–H and O–H groups in total. The van der Waals surface area contributed by atoms with Gasteiger partial charge in [-0.1, -0.05) is 18.2 Å². The molecule has 0 aromatic heterocycles. The fourth-order valence-corrected chi connectivity index (χ4v) is 2.61. The number of aliphatic imine (C=N–C) groups is 1. The predicted octanol–water partition coefficient (Wildman–Crippen LogP) is 4.24. The minimum atomic E-state index is -4.41. The van der Waals surface area contributed by atoms with Crippen LogP contribution >= 0.6 is 0 Å². The van der Waals surface area contributed by atoms with Gasteiger partial charge in [0.05, 0.1) is 18.5 Å². The third kappa shape index (κ3) is 5.81. The Hall–Kier alpha value is -1.93. The molecule has 0 saturated heterocycles. The van der Waals surface area contributed by atoms with E-state index in [1.54, 1.807) is 13.0 Å². The van der Waals surface area contributed by atoms with Gasteiger partial charge >= 0.3 is 12.4 Å². The summed E-state index contributed by atoms with van der Waals surface area (Å²) in [4.78, 5) is 4.28. The van der Waals surface area contributed by atoms with E-state index < -0.39 is 29.8 Å². The highest BCUT2D eigenvalue weighted by molar-refractivity contribution is 5.79. The lowest BCUT2D eigenvalue weighted by atomic mass is 9.94. The number of guanidine groups is 1. The zero-order chi connectivity index (χ0) is 19.4. The number of hydrogen-bond acceptors (Lipinski definition) is 1. The number of benzene rings is 1. The van der Waals surface area contributed by atoms with E-state index >= 15 is 0 Å². The van der Waals surface area contributed by atoms with E-state index in [0.29, 0.717) is 24.9 Å². The Morgan fingerprint density at radius 2 is 1.81 bits per heavy atom. The molecule has 1 aromatic carbocycles. The lowest BCUT2D eigenvalue weighted by Crippen LogP contribution is -2.39. The molecule has 1 saturated carbocycles. The van der Waals surface area contributed by atoms with Gasteiger partial charge in [-0.25, -0.2) is 0 Å². The van der Waals surface area contributed by atoms with Crippen LogP contribution in [-0.2, 0) is 11.6 Å². The second-order valence-corrected chi connectivity index (χ2v) is 6.35. The van der Waals surface area contributed by atoms with Crippen LogP contribution in [0.2, 0.25) is 0 Å². The molecule has 1 aliphatic carbocycles. The zero-order valence-corrected chi connectivity index (χ0v) is 14.3. The summed E-state index contributed by atoms with van der Waals surface area (Å²) in [6, 6.07) is 5.16. The Bertz CT molecular complexity index is 632. The van der Waals surface area contributed by atoms with Crippen LogP contribution in [0.25, 0.3) is 0 Å². The molecule has 0 heterocycles. The van der Waals surface area contributed by atoms with Crippen LogP contribution < -0.4 is 10.6 Å². The van der Waals surface area contributed by atoms with E-state index in [1.807, 2.05) is 0 Å². The third-order valence-corrected chi connectivity index (χ3v) is 4.24. The highest BCUT2D eigenvalue weighted by Gasteiger charge is 2.45. The van der Waals surface area contributed by atoms with Crippen molar-refractivity contribution in [2.45, 2.75) is 44.0 Å². The molecule has 0 unspecified atom stereocenters. The van der Waals surface area contributed by atoms with Crippen molar-refractivity contribution < 1.29 is 26.3 Å². The lowest BCUT2D eigenvalue weighted by molar-refractivity contribution is -0.137. The van der Waals surface area contributed by atoms with Gasteiger partial charge in [-0.05, 0) is 31.4 Å². The molecule has 9 heteroatoms. The van der Waals surface area contributed by atoms with Gasteiger partial charge in [0, 0.05) is 18.5 Å². The average Bonchev–Trinajstić information content (AvgIpc) is 3.32. The van der Waals surface area contributed by atoms with Crippen molar-refractivity contribution in [3.8, 4) is 0 Å². The first-order chi connectivity index (χ1) is 12.1. The maximum atomic E-state index is 12.9. The first-order valence-corrected chi connectivity index (χ1v) is 8.32. The molecule has 0 spiro atoms. The van der Waals surface area contributed by atoms with Gasteiger partial charge in [0.15, 0.2) is 5.96 Å². The third-order valence-electron chi connectivity index (χ3n) is 4.24. The summed E-state index contributed by atoms with van der Waals surface area (Å²) in [6.07, 6.45) is -8.28. The quantitative estimate of drug-likeness (QED) is 0.439. The van der Waals surface area contributed by atoms with Gasteiger partial charge in [-0.2, -0.15) is 26.3 Å². The van der Waals surface area contributed by atoms with E-state index in [1.165, 1.54) is 6.07 Å². The Labute approximate surface area is 147 Å². The number of hydrogen-bond donors (Lipinski definition) is 2. The van der Waals surface area contributed by atoms with Crippen molar-refractivity contribution in [1.82, 2.24) is 10.6 Å². The molecule has 3 nitrogen and oxygen atoms in total. The molecular weight excluding hydrogens is 360 g/mol. The van der Waals surface area contributed by atoms with E-state index in [0.717, 1.165) is 12.1 Å². The average molecular weight is 381 g/mol. The predicted molar refractivity (Wildman–Crippen MR) is 87.0 cm³/mol. The Morgan fingerprint density at radius 1 is 1.12 bits per heavy atom. The summed E-state index contributed by atoms with van der Waals surface area (Å²) in [6.45, 7) is 2.15. The summed E-state index contributed by atoms with van der Waals surface area (Å²) in [5.41, 5.74) is -0.629. The maximum absolute atomic E-state index is 12.9. The molecular formula is C17H21F6N3. The van der Waals surface area contributed by atoms with Crippen molar-refractivity contribution >= 4 is 5.96 Å². The first kappa shape index (κ1) is 20.4. The van der Waals surface area contributed by atoms with Crippen molar-refractivity contribution in [1.29, 1.82) is 0 Å². The molecule has 2 rings (SSSR count). The van der Waals surface area contributed by atoms with Crippen LogP contribution in [0.15, 0.2) is 29.3 Å². The number of nitrogens with one attached hydrogen (secondary N) is 2. The van der Waals surface area contributed by atoms with E-state index in [-0.39, 0.29) is 19.0 Å². The Morgan fingerprint density at radius 3 is 2.35 bits per heavy atom. The summed E-state index contributed by atoms with van der Waals surface area (Å²) in [5.74, 6) is 0.231. The highest BCUT2D eigenvalue weighted by atomic mass is 19.4. The van der Waals surface area contributed by atoms with E-state index in [2.05, 4.69) is 15.6 Å². The molecule has 146 valence electrons. The van der Waals surface area contributed by atoms with Gasteiger partial charge in [-0.15, -0.1) is 0 Å². The maximum Gasteiger partial charge on any atom is 0.416 e. The molecule has 1 aromatic rings. The first-order valence-electron chi connectivity index (χ1n) is 8.32. The molecule has 26 heavy (non-hydrogen) atoms. The summed E-state index contributed by atoms with van der Waals surface area (Å²) in [5, 5.41) is 5.45. The van der Waals surface area contributed by atoms with Crippen LogP contribution in [-0.4, -0.2) is 31.8 Å². The topological polar surface area (TPSA) is 36.4 Å². The zero-order valence-electron chi connectivity index (χ0n) is 14.3. The van der Waals surface area contributed by atoms with Gasteiger partial charge in [0.1, 0.15) is 0 Å². The number of halogens is 6. The normalized spacial score (nSPS) is 17.1. The number of rotatable bonds is 6. The minimum absolute atomic E-state index is 0.218. The van der Waals surface area contributed by atoms with E-state index in [9.17, 15) is 26.3 Å². The SMILES string of the molecule is CCNC(=NCC1(c2cccc(C(F)(F)F)c2)CC1)NCCC(F)(F)F. The lowest BCUT2D eigenvalue weighted by Gasteiger charge is -2.17. The van der Waals surface area contributed by atoms with Crippen LogP contribution in [0.3, 0.4) is 0 Å². The standard InChI is InChI=1S/C17H21F6N3/c1-2-24-14(25-9-8-16(18,19)20)26-11-15(6-7-15)12-4-3-5-13(10-12)17(21,22)23/h3-5,10H,2,6-9,11H2,1H3,(H2,24,25,26). The van der Waals surface area contributed by atoms with Crippen LogP contribution in [0.5, 0.6) is 0 Å². The summed E-state index contributed by atoms with van der Waals surface area (Å²) in [7, 11) is 0. The second kappa shape index (κ2) is 7.75. The fraction of sp³-hybridized carbons (Fsp3) is 0.588. The van der Waals surface area contributed by atoms with Crippen molar-refractivity contribution in [3.63, 3.8) is 0 Å². The molecule has 0 atom stereocenters. The van der Waals surface area contributed by atoms with Crippen LogP contribution in [0.4, 0.5) is 26.3 Å². The molecule has 1 aliphatic rings. The number of nitrogens with zero attached hydrogens (tertiary/aromatic N) is 1. The van der Waals surface area contributed by atoms with Crippen molar-refractivity contribution in [3.05, 3.63) is 35.4 Å².